The van der Waals surface area contributed by atoms with Crippen LogP contribution in [0.3, 0.4) is 0 Å². The van der Waals surface area contributed by atoms with Crippen molar-refractivity contribution in [3.05, 3.63) is 15.8 Å². The van der Waals surface area contributed by atoms with Crippen LogP contribution in [0.4, 0.5) is 17.5 Å². The van der Waals surface area contributed by atoms with Crippen LogP contribution < -0.4 is 10.2 Å². The average molecular weight is 279 g/mol. The van der Waals surface area contributed by atoms with Gasteiger partial charge in [0.25, 0.3) is 0 Å². The van der Waals surface area contributed by atoms with E-state index < -0.39 is 0 Å². The highest BCUT2D eigenvalue weighted by molar-refractivity contribution is 5.63. The smallest absolute Gasteiger partial charge is 0.332 e. The molecule has 20 heavy (non-hydrogen) atoms. The quantitative estimate of drug-likeness (QED) is 0.672. The van der Waals surface area contributed by atoms with Gasteiger partial charge in [-0.2, -0.15) is 4.98 Å². The largest absolute Gasteiger partial charge is 0.354 e. The van der Waals surface area contributed by atoms with Crippen molar-refractivity contribution >= 4 is 17.5 Å². The number of hydrogen-bond acceptors (Lipinski definition) is 6. The van der Waals surface area contributed by atoms with E-state index in [4.69, 9.17) is 0 Å². The lowest BCUT2D eigenvalue weighted by Crippen LogP contribution is -2.29. The Labute approximate surface area is 118 Å². The van der Waals surface area contributed by atoms with Crippen LogP contribution in [0.5, 0.6) is 0 Å². The lowest BCUT2D eigenvalue weighted by atomic mass is 10.1. The van der Waals surface area contributed by atoms with E-state index >= 15 is 0 Å². The third-order valence-corrected chi connectivity index (χ3v) is 3.61. The van der Waals surface area contributed by atoms with Gasteiger partial charge in [-0.15, -0.1) is 0 Å². The van der Waals surface area contributed by atoms with Gasteiger partial charge in [0, 0.05) is 19.1 Å². The van der Waals surface area contributed by atoms with Crippen molar-refractivity contribution in [2.24, 2.45) is 5.92 Å². The number of anilines is 2. The standard InChI is InChI=1S/C13H21N5O2/c1-5-14-13-15-10(4)11(18(19)20)12(16-13)17-7-8(2)6-9(17)3/h8-9H,5-7H2,1-4H3,(H,14,15,16). The molecule has 1 fully saturated rings. The Bertz CT molecular complexity index is 520. The number of hydrogen-bond donors (Lipinski definition) is 1. The first-order valence-electron chi connectivity index (χ1n) is 6.97. The van der Waals surface area contributed by atoms with E-state index in [9.17, 15) is 10.1 Å². The van der Waals surface area contributed by atoms with E-state index in [0.29, 0.717) is 29.9 Å². The molecule has 2 atom stereocenters. The first-order chi connectivity index (χ1) is 9.43. The summed E-state index contributed by atoms with van der Waals surface area (Å²) in [6.45, 7) is 9.32. The number of nitrogens with one attached hydrogen (secondary N) is 1. The zero-order valence-corrected chi connectivity index (χ0v) is 12.4. The van der Waals surface area contributed by atoms with Gasteiger partial charge in [-0.05, 0) is 33.1 Å². The topological polar surface area (TPSA) is 84.2 Å². The van der Waals surface area contributed by atoms with E-state index in [1.807, 2.05) is 11.8 Å². The molecule has 1 aromatic heterocycles. The van der Waals surface area contributed by atoms with Crippen LogP contribution >= 0.6 is 0 Å². The van der Waals surface area contributed by atoms with E-state index in [0.717, 1.165) is 13.0 Å². The molecule has 0 amide bonds. The van der Waals surface area contributed by atoms with Gasteiger partial charge in [-0.3, -0.25) is 10.1 Å². The second-order valence-electron chi connectivity index (χ2n) is 5.43. The van der Waals surface area contributed by atoms with E-state index in [-0.39, 0.29) is 16.7 Å². The van der Waals surface area contributed by atoms with E-state index in [1.165, 1.54) is 0 Å². The van der Waals surface area contributed by atoms with Crippen molar-refractivity contribution in [3.63, 3.8) is 0 Å². The lowest BCUT2D eigenvalue weighted by Gasteiger charge is -2.23. The molecule has 7 nitrogen and oxygen atoms in total. The summed E-state index contributed by atoms with van der Waals surface area (Å²) in [5, 5.41) is 14.4. The summed E-state index contributed by atoms with van der Waals surface area (Å²) in [5.41, 5.74) is 0.426. The predicted molar refractivity (Wildman–Crippen MR) is 78.2 cm³/mol. The molecule has 0 saturated carbocycles. The monoisotopic (exact) mass is 279 g/mol. The summed E-state index contributed by atoms with van der Waals surface area (Å²) < 4.78 is 0. The Morgan fingerprint density at radius 1 is 1.45 bits per heavy atom. The van der Waals surface area contributed by atoms with Gasteiger partial charge in [-0.25, -0.2) is 4.98 Å². The van der Waals surface area contributed by atoms with Gasteiger partial charge in [-0.1, -0.05) is 6.92 Å². The van der Waals surface area contributed by atoms with Gasteiger partial charge >= 0.3 is 5.69 Å². The molecule has 0 aliphatic carbocycles. The van der Waals surface area contributed by atoms with Gasteiger partial charge in [0.05, 0.1) is 4.92 Å². The number of rotatable bonds is 4. The molecule has 1 aliphatic rings. The Morgan fingerprint density at radius 2 is 2.15 bits per heavy atom. The highest BCUT2D eigenvalue weighted by atomic mass is 16.6. The second-order valence-corrected chi connectivity index (χ2v) is 5.43. The van der Waals surface area contributed by atoms with Crippen LogP contribution in [0, 0.1) is 23.0 Å². The molecule has 110 valence electrons. The van der Waals surface area contributed by atoms with Crippen LogP contribution in [-0.4, -0.2) is 34.0 Å². The normalized spacial score (nSPS) is 22.1. The fourth-order valence-electron chi connectivity index (χ4n) is 2.80. The molecule has 0 radical (unpaired) electrons. The molecule has 0 aromatic carbocycles. The highest BCUT2D eigenvalue weighted by Gasteiger charge is 2.34. The number of nitro groups is 1. The molecule has 7 heteroatoms. The summed E-state index contributed by atoms with van der Waals surface area (Å²) in [7, 11) is 0. The summed E-state index contributed by atoms with van der Waals surface area (Å²) >= 11 is 0. The third-order valence-electron chi connectivity index (χ3n) is 3.61. The maximum atomic E-state index is 11.3. The number of aryl methyl sites for hydroxylation is 1. The first-order valence-corrected chi connectivity index (χ1v) is 6.97. The van der Waals surface area contributed by atoms with E-state index in [2.05, 4.69) is 29.1 Å². The summed E-state index contributed by atoms with van der Waals surface area (Å²) in [4.78, 5) is 21.5. The molecular formula is C13H21N5O2. The maximum absolute atomic E-state index is 11.3. The fourth-order valence-corrected chi connectivity index (χ4v) is 2.80. The van der Waals surface area contributed by atoms with Crippen LogP contribution in [-0.2, 0) is 0 Å². The molecule has 1 aromatic rings. The van der Waals surface area contributed by atoms with Crippen molar-refractivity contribution in [2.45, 2.75) is 40.2 Å². The molecule has 1 aliphatic heterocycles. The molecule has 2 rings (SSSR count). The minimum absolute atomic E-state index is 0.0209. The lowest BCUT2D eigenvalue weighted by molar-refractivity contribution is -0.385. The molecule has 2 heterocycles. The zero-order chi connectivity index (χ0) is 14.9. The summed E-state index contributed by atoms with van der Waals surface area (Å²) in [6.07, 6.45) is 1.02. The summed E-state index contributed by atoms with van der Waals surface area (Å²) in [6, 6.07) is 0.257. The van der Waals surface area contributed by atoms with E-state index in [1.54, 1.807) is 6.92 Å². The zero-order valence-electron chi connectivity index (χ0n) is 12.4. The molecular weight excluding hydrogens is 258 g/mol. The molecule has 2 unspecified atom stereocenters. The third kappa shape index (κ3) is 2.66. The summed E-state index contributed by atoms with van der Waals surface area (Å²) in [5.74, 6) is 1.41. The number of aromatic nitrogens is 2. The Hall–Kier alpha value is -1.92. The Kier molecular flexibility index (Phi) is 4.06. The van der Waals surface area contributed by atoms with Crippen molar-refractivity contribution in [3.8, 4) is 0 Å². The Balaban J connectivity index is 2.50. The van der Waals surface area contributed by atoms with Crippen LogP contribution in [0.2, 0.25) is 0 Å². The van der Waals surface area contributed by atoms with Gasteiger partial charge in [0.1, 0.15) is 5.69 Å². The minimum atomic E-state index is -0.379. The SMILES string of the molecule is CCNc1nc(C)c([N+](=O)[O-])c(N2CC(C)CC2C)n1. The second kappa shape index (κ2) is 5.60. The molecule has 0 bridgehead atoms. The first kappa shape index (κ1) is 14.5. The fraction of sp³-hybridized carbons (Fsp3) is 0.692. The predicted octanol–water partition coefficient (Wildman–Crippen LogP) is 2.36. The highest BCUT2D eigenvalue weighted by Crippen LogP contribution is 2.35. The number of nitrogens with zero attached hydrogens (tertiary/aromatic N) is 4. The van der Waals surface area contributed by atoms with Crippen molar-refractivity contribution in [2.75, 3.05) is 23.3 Å². The maximum Gasteiger partial charge on any atom is 0.332 e. The van der Waals surface area contributed by atoms with Crippen molar-refractivity contribution in [1.29, 1.82) is 0 Å². The van der Waals surface area contributed by atoms with Crippen LogP contribution in [0.25, 0.3) is 0 Å². The van der Waals surface area contributed by atoms with Crippen molar-refractivity contribution < 1.29 is 4.92 Å². The Morgan fingerprint density at radius 3 is 2.65 bits per heavy atom. The van der Waals surface area contributed by atoms with Crippen LogP contribution in [0.1, 0.15) is 32.9 Å². The minimum Gasteiger partial charge on any atom is -0.354 e. The molecule has 1 N–H and O–H groups in total. The van der Waals surface area contributed by atoms with Crippen LogP contribution in [0.15, 0.2) is 0 Å². The molecule has 0 spiro atoms. The van der Waals surface area contributed by atoms with Gasteiger partial charge in [0.2, 0.25) is 11.8 Å². The van der Waals surface area contributed by atoms with Gasteiger partial charge in [0.15, 0.2) is 0 Å². The molecule has 1 saturated heterocycles. The van der Waals surface area contributed by atoms with Crippen molar-refractivity contribution in [1.82, 2.24) is 9.97 Å². The van der Waals surface area contributed by atoms with Gasteiger partial charge < -0.3 is 10.2 Å². The average Bonchev–Trinajstić information content (AvgIpc) is 2.67.